The summed E-state index contributed by atoms with van der Waals surface area (Å²) in [4.78, 5) is 29.6. The van der Waals surface area contributed by atoms with Crippen LogP contribution in [0.5, 0.6) is 0 Å². The summed E-state index contributed by atoms with van der Waals surface area (Å²) in [6.07, 6.45) is 12.4. The molecule has 6 nitrogen and oxygen atoms in total. The maximum atomic E-state index is 13.6. The van der Waals surface area contributed by atoms with Crippen molar-refractivity contribution in [2.75, 3.05) is 13.2 Å². The van der Waals surface area contributed by atoms with Crippen molar-refractivity contribution in [2.24, 2.45) is 17.8 Å². The molecule has 2 bridgehead atoms. The van der Waals surface area contributed by atoms with E-state index in [-0.39, 0.29) is 48.0 Å². The number of hydrogen-bond acceptors (Lipinski definition) is 4. The van der Waals surface area contributed by atoms with Gasteiger partial charge in [0.2, 0.25) is 5.91 Å². The van der Waals surface area contributed by atoms with E-state index in [4.69, 9.17) is 0 Å². The number of carbonyl (C=O) groups is 1. The molecule has 0 unspecified atom stereocenters. The molecule has 32 heavy (non-hydrogen) atoms. The highest BCUT2D eigenvalue weighted by atomic mass is 16.3. The number of nitrogens with one attached hydrogen (secondary N) is 1. The van der Waals surface area contributed by atoms with Gasteiger partial charge in [-0.2, -0.15) is 0 Å². The van der Waals surface area contributed by atoms with Crippen LogP contribution in [0, 0.1) is 17.8 Å². The van der Waals surface area contributed by atoms with Gasteiger partial charge in [0, 0.05) is 49.0 Å². The molecule has 1 amide bonds. The van der Waals surface area contributed by atoms with Gasteiger partial charge in [-0.3, -0.25) is 14.5 Å². The van der Waals surface area contributed by atoms with Crippen LogP contribution in [0.2, 0.25) is 0 Å². The number of fused-ring (bicyclic) bond motifs is 4. The van der Waals surface area contributed by atoms with E-state index < -0.39 is 0 Å². The van der Waals surface area contributed by atoms with E-state index in [2.05, 4.69) is 22.4 Å². The minimum absolute atomic E-state index is 0.00810. The van der Waals surface area contributed by atoms with Gasteiger partial charge in [0.15, 0.2) is 0 Å². The minimum atomic E-state index is -0.294. The number of nitrogens with zero attached hydrogens (tertiary/aromatic N) is 2. The first-order valence-corrected chi connectivity index (χ1v) is 12.8. The van der Waals surface area contributed by atoms with Crippen LogP contribution in [0.25, 0.3) is 5.57 Å². The molecule has 1 saturated heterocycles. The van der Waals surface area contributed by atoms with E-state index in [1.807, 2.05) is 10.6 Å². The lowest BCUT2D eigenvalue weighted by atomic mass is 9.85. The fraction of sp³-hybridized carbons (Fsp3) is 0.692. The van der Waals surface area contributed by atoms with Gasteiger partial charge in [0.05, 0.1) is 12.0 Å². The Balaban J connectivity index is 1.40. The Morgan fingerprint density at radius 2 is 1.97 bits per heavy atom. The van der Waals surface area contributed by atoms with Crippen molar-refractivity contribution in [3.8, 4) is 0 Å². The van der Waals surface area contributed by atoms with Gasteiger partial charge in [-0.1, -0.05) is 6.08 Å². The first-order valence-electron chi connectivity index (χ1n) is 12.8. The number of pyridine rings is 1. The van der Waals surface area contributed by atoms with E-state index >= 15 is 0 Å². The third-order valence-electron chi connectivity index (χ3n) is 8.73. The van der Waals surface area contributed by atoms with Crippen LogP contribution in [0.3, 0.4) is 0 Å². The average Bonchev–Trinajstić information content (AvgIpc) is 3.56. The average molecular weight is 438 g/mol. The number of aliphatic hydroxyl groups excluding tert-OH is 1. The van der Waals surface area contributed by atoms with Crippen LogP contribution in [0.15, 0.2) is 23.0 Å². The molecule has 0 spiro atoms. The van der Waals surface area contributed by atoms with Crippen LogP contribution in [-0.4, -0.2) is 45.7 Å². The number of rotatable bonds is 6. The Bertz CT molecular complexity index is 991. The number of allylic oxidation sites excluding steroid dienone is 2. The zero-order valence-corrected chi connectivity index (χ0v) is 18.8. The van der Waals surface area contributed by atoms with E-state index in [9.17, 15) is 14.7 Å². The van der Waals surface area contributed by atoms with Crippen LogP contribution in [0.4, 0.5) is 0 Å². The molecule has 0 radical (unpaired) electrons. The van der Waals surface area contributed by atoms with Crippen molar-refractivity contribution in [1.82, 2.24) is 14.8 Å². The predicted molar refractivity (Wildman–Crippen MR) is 123 cm³/mol. The molecular weight excluding hydrogens is 402 g/mol. The summed E-state index contributed by atoms with van der Waals surface area (Å²) >= 11 is 0. The van der Waals surface area contributed by atoms with Crippen molar-refractivity contribution in [3.63, 3.8) is 0 Å². The van der Waals surface area contributed by atoms with Gasteiger partial charge >= 0.3 is 0 Å². The molecule has 6 heteroatoms. The van der Waals surface area contributed by atoms with E-state index in [1.165, 1.54) is 31.3 Å². The number of amides is 1. The van der Waals surface area contributed by atoms with Gasteiger partial charge in [0.1, 0.15) is 0 Å². The fourth-order valence-corrected chi connectivity index (χ4v) is 6.55. The van der Waals surface area contributed by atoms with Crippen molar-refractivity contribution in [2.45, 2.75) is 82.5 Å². The highest BCUT2D eigenvalue weighted by molar-refractivity contribution is 5.81. The number of carbonyl (C=O) groups excluding carboxylic acids is 1. The number of aliphatic hydroxyl groups is 1. The Kier molecular flexibility index (Phi) is 5.26. The lowest BCUT2D eigenvalue weighted by molar-refractivity contribution is -0.128. The normalized spacial score (nSPS) is 32.2. The first-order chi connectivity index (χ1) is 15.7. The Morgan fingerprint density at radius 3 is 2.62 bits per heavy atom. The highest BCUT2D eigenvalue weighted by Gasteiger charge is 2.56. The van der Waals surface area contributed by atoms with Gasteiger partial charge in [-0.05, 0) is 81.4 Å². The Labute approximate surface area is 189 Å². The zero-order chi connectivity index (χ0) is 21.8. The summed E-state index contributed by atoms with van der Waals surface area (Å²) in [5.74, 6) is 0.340. The molecule has 5 aliphatic rings. The van der Waals surface area contributed by atoms with Gasteiger partial charge in [0.25, 0.3) is 5.56 Å². The molecule has 1 aromatic rings. The predicted octanol–water partition coefficient (Wildman–Crippen LogP) is 2.85. The van der Waals surface area contributed by atoms with Crippen molar-refractivity contribution in [3.05, 3.63) is 39.8 Å². The largest absolute Gasteiger partial charge is 0.396 e. The lowest BCUT2D eigenvalue weighted by Crippen LogP contribution is -2.48. The summed E-state index contributed by atoms with van der Waals surface area (Å²) in [5.41, 5.74) is 3.08. The van der Waals surface area contributed by atoms with Crippen molar-refractivity contribution in [1.29, 1.82) is 0 Å². The van der Waals surface area contributed by atoms with Crippen LogP contribution in [0.1, 0.15) is 75.1 Å². The molecule has 3 aliphatic carbocycles. The topological polar surface area (TPSA) is 74.6 Å². The van der Waals surface area contributed by atoms with Crippen LogP contribution in [-0.2, 0) is 11.3 Å². The summed E-state index contributed by atoms with van der Waals surface area (Å²) in [5, 5.41) is 13.7. The van der Waals surface area contributed by atoms with E-state index in [0.717, 1.165) is 49.9 Å². The molecule has 2 N–H and O–H groups in total. The fourth-order valence-electron chi connectivity index (χ4n) is 6.55. The first kappa shape index (κ1) is 20.7. The second-order valence-corrected chi connectivity index (χ2v) is 10.7. The van der Waals surface area contributed by atoms with Crippen LogP contribution < -0.4 is 10.9 Å². The van der Waals surface area contributed by atoms with Crippen molar-refractivity contribution >= 4 is 11.5 Å². The summed E-state index contributed by atoms with van der Waals surface area (Å²) < 4.78 is 1.95. The second kappa shape index (κ2) is 8.14. The van der Waals surface area contributed by atoms with Gasteiger partial charge in [-0.15, -0.1) is 0 Å². The standard InChI is InChI=1S/C26H35N3O3/c30-15-20-22-14-29-21(12-11-19(26(29)32)17-5-2-1-3-6-17)24(28(22)13-16-9-10-16)23(20)25(31)27-18-7-4-8-18/h5,11-12,16,18,20,22-24,30H,1-4,6-10,13-15H2,(H,27,31)/t20-,22-,23+,24+/m0/s1. The van der Waals surface area contributed by atoms with Gasteiger partial charge in [-0.25, -0.2) is 0 Å². The molecular formula is C26H35N3O3. The molecule has 4 atom stereocenters. The molecule has 3 heterocycles. The molecule has 3 fully saturated rings. The summed E-state index contributed by atoms with van der Waals surface area (Å²) in [6.45, 7) is 1.54. The molecule has 2 aliphatic heterocycles. The van der Waals surface area contributed by atoms with Gasteiger partial charge < -0.3 is 15.0 Å². The lowest BCUT2D eigenvalue weighted by Gasteiger charge is -2.38. The zero-order valence-electron chi connectivity index (χ0n) is 18.8. The quantitative estimate of drug-likeness (QED) is 0.718. The Hall–Kier alpha value is -1.92. The highest BCUT2D eigenvalue weighted by Crippen LogP contribution is 2.50. The molecule has 1 aromatic heterocycles. The van der Waals surface area contributed by atoms with Crippen LogP contribution >= 0.6 is 0 Å². The Morgan fingerprint density at radius 1 is 1.12 bits per heavy atom. The molecule has 2 saturated carbocycles. The number of aromatic nitrogens is 1. The maximum Gasteiger partial charge on any atom is 0.258 e. The monoisotopic (exact) mass is 437 g/mol. The maximum absolute atomic E-state index is 13.6. The molecule has 172 valence electrons. The third-order valence-corrected chi connectivity index (χ3v) is 8.73. The van der Waals surface area contributed by atoms with Crippen molar-refractivity contribution < 1.29 is 9.90 Å². The summed E-state index contributed by atoms with van der Waals surface area (Å²) in [7, 11) is 0. The minimum Gasteiger partial charge on any atom is -0.396 e. The van der Waals surface area contributed by atoms with E-state index in [0.29, 0.717) is 12.5 Å². The third kappa shape index (κ3) is 3.38. The molecule has 0 aromatic carbocycles. The molecule has 6 rings (SSSR count). The smallest absolute Gasteiger partial charge is 0.258 e. The SMILES string of the molecule is O=C(NC1CCC1)[C@@H]1[C@@H](CO)[C@@H]2Cn3c(ccc(C4=CCCCC4)c3=O)[C@H]1N2CC1CC1. The van der Waals surface area contributed by atoms with E-state index in [1.54, 1.807) is 0 Å². The second-order valence-electron chi connectivity index (χ2n) is 10.7. The summed E-state index contributed by atoms with van der Waals surface area (Å²) in [6, 6.07) is 4.32. The number of hydrogen-bond donors (Lipinski definition) is 2.